The molecule has 1 amide bonds. The van der Waals surface area contributed by atoms with E-state index in [-0.39, 0.29) is 35.8 Å². The SMILES string of the molecule is C#C.C[C@@H](c1nc(-c2cc(F)ccc2F)nn1Cc1ccccc1)C(C)(C)C.NC[C@H](F)CNC(=O)CO. The van der Waals surface area contributed by atoms with E-state index in [1.165, 1.54) is 0 Å². The molecule has 0 saturated heterocycles. The zero-order valence-electron chi connectivity index (χ0n) is 22.2. The number of rotatable bonds is 8. The molecular formula is C28H36F3N5O2. The number of aromatic nitrogens is 3. The van der Waals surface area contributed by atoms with E-state index in [9.17, 15) is 18.0 Å². The Kier molecular flexibility index (Phi) is 13.2. The lowest BCUT2D eigenvalue weighted by molar-refractivity contribution is -0.124. The summed E-state index contributed by atoms with van der Waals surface area (Å²) in [4.78, 5) is 14.9. The number of halogens is 3. The Morgan fingerprint density at radius 2 is 1.79 bits per heavy atom. The number of carbonyl (C=O) groups is 1. The summed E-state index contributed by atoms with van der Waals surface area (Å²) in [6.07, 6.45) is 6.77. The molecule has 3 aromatic rings. The smallest absolute Gasteiger partial charge is 0.245 e. The van der Waals surface area contributed by atoms with Gasteiger partial charge in [-0.15, -0.1) is 12.8 Å². The third-order valence-corrected chi connectivity index (χ3v) is 5.65. The summed E-state index contributed by atoms with van der Waals surface area (Å²) in [5, 5.41) is 14.8. The number of nitrogens with two attached hydrogens (primary N) is 1. The Morgan fingerprint density at radius 1 is 1.16 bits per heavy atom. The van der Waals surface area contributed by atoms with Crippen LogP contribution in [0.1, 0.15) is 45.0 Å². The molecule has 0 saturated carbocycles. The van der Waals surface area contributed by atoms with E-state index in [0.717, 1.165) is 29.6 Å². The van der Waals surface area contributed by atoms with Crippen LogP contribution >= 0.6 is 0 Å². The number of hydrogen-bond acceptors (Lipinski definition) is 5. The van der Waals surface area contributed by atoms with Gasteiger partial charge in [-0.25, -0.2) is 22.8 Å². The number of hydrogen-bond donors (Lipinski definition) is 3. The molecule has 38 heavy (non-hydrogen) atoms. The number of nitrogens with zero attached hydrogens (tertiary/aromatic N) is 3. The van der Waals surface area contributed by atoms with Crippen molar-refractivity contribution in [2.45, 2.75) is 46.3 Å². The molecule has 0 radical (unpaired) electrons. The van der Waals surface area contributed by atoms with Gasteiger partial charge in [0.25, 0.3) is 0 Å². The van der Waals surface area contributed by atoms with Crippen LogP contribution in [0, 0.1) is 29.9 Å². The normalized spacial score (nSPS) is 12.3. The van der Waals surface area contributed by atoms with E-state index in [0.29, 0.717) is 6.54 Å². The van der Waals surface area contributed by atoms with Crippen molar-refractivity contribution >= 4 is 5.91 Å². The first kappa shape index (κ1) is 32.3. The van der Waals surface area contributed by atoms with Crippen LogP contribution in [0.4, 0.5) is 13.2 Å². The van der Waals surface area contributed by atoms with Crippen LogP contribution in [0.15, 0.2) is 48.5 Å². The quantitative estimate of drug-likeness (QED) is 0.380. The molecule has 7 nitrogen and oxygen atoms in total. The lowest BCUT2D eigenvalue weighted by Gasteiger charge is -2.26. The van der Waals surface area contributed by atoms with Crippen molar-refractivity contribution in [2.75, 3.05) is 19.7 Å². The number of amides is 1. The minimum absolute atomic E-state index is 0.0424. The maximum absolute atomic E-state index is 14.2. The van der Waals surface area contributed by atoms with Crippen molar-refractivity contribution in [3.8, 4) is 24.2 Å². The van der Waals surface area contributed by atoms with Crippen molar-refractivity contribution in [1.29, 1.82) is 0 Å². The molecule has 0 aliphatic carbocycles. The van der Waals surface area contributed by atoms with E-state index in [1.807, 2.05) is 30.3 Å². The highest BCUT2D eigenvalue weighted by Gasteiger charge is 2.28. The number of aliphatic hydroxyl groups is 1. The lowest BCUT2D eigenvalue weighted by atomic mass is 9.81. The minimum Gasteiger partial charge on any atom is -0.387 e. The average molecular weight is 532 g/mol. The Bertz CT molecular complexity index is 1160. The van der Waals surface area contributed by atoms with Crippen LogP contribution < -0.4 is 11.1 Å². The molecule has 1 heterocycles. The first-order chi connectivity index (χ1) is 18.0. The molecule has 2 aromatic carbocycles. The van der Waals surface area contributed by atoms with Gasteiger partial charge in [-0.1, -0.05) is 58.0 Å². The van der Waals surface area contributed by atoms with Gasteiger partial charge in [0.05, 0.1) is 18.7 Å². The Balaban J connectivity index is 0.000000510. The molecule has 2 atom stereocenters. The van der Waals surface area contributed by atoms with Gasteiger partial charge < -0.3 is 16.2 Å². The topological polar surface area (TPSA) is 106 Å². The summed E-state index contributed by atoms with van der Waals surface area (Å²) in [5.41, 5.74) is 6.03. The fraction of sp³-hybridized carbons (Fsp3) is 0.393. The van der Waals surface area contributed by atoms with Crippen molar-refractivity contribution in [3.63, 3.8) is 0 Å². The second-order valence-corrected chi connectivity index (χ2v) is 9.44. The average Bonchev–Trinajstić information content (AvgIpc) is 3.32. The van der Waals surface area contributed by atoms with Crippen LogP contribution in [0.25, 0.3) is 11.4 Å². The van der Waals surface area contributed by atoms with Crippen LogP contribution in [0.3, 0.4) is 0 Å². The molecule has 0 fully saturated rings. The maximum atomic E-state index is 14.2. The standard InChI is InChI=1S/C21H23F2N3.C5H11FN2O2.C2H2/c1-14(21(2,3)4)20-24-19(17-12-16(22)10-11-18(17)23)25-26(20)13-15-8-6-5-7-9-15;6-4(1-7)2-8-5(10)3-9;1-2/h5-12,14H,13H2,1-4H3;4,9H,1-3,7H2,(H,8,10);1-2H/t14-;4-;/m00./s1. The molecular weight excluding hydrogens is 495 g/mol. The zero-order valence-corrected chi connectivity index (χ0v) is 22.2. The minimum atomic E-state index is -1.23. The van der Waals surface area contributed by atoms with Crippen molar-refractivity contribution in [1.82, 2.24) is 20.1 Å². The van der Waals surface area contributed by atoms with E-state index in [1.54, 1.807) is 4.68 Å². The number of aliphatic hydroxyl groups excluding tert-OH is 1. The fourth-order valence-electron chi connectivity index (χ4n) is 3.08. The van der Waals surface area contributed by atoms with Crippen LogP contribution in [0.5, 0.6) is 0 Å². The molecule has 0 bridgehead atoms. The van der Waals surface area contributed by atoms with Gasteiger partial charge in [-0.2, -0.15) is 5.10 Å². The number of benzene rings is 2. The number of carbonyl (C=O) groups excluding carboxylic acids is 1. The number of terminal acetylenes is 1. The highest BCUT2D eigenvalue weighted by atomic mass is 19.1. The summed E-state index contributed by atoms with van der Waals surface area (Å²) < 4.78 is 41.8. The summed E-state index contributed by atoms with van der Waals surface area (Å²) >= 11 is 0. The molecule has 0 unspecified atom stereocenters. The first-order valence-electron chi connectivity index (χ1n) is 11.9. The van der Waals surface area contributed by atoms with Crippen LogP contribution in [0.2, 0.25) is 0 Å². The second-order valence-electron chi connectivity index (χ2n) is 9.44. The predicted octanol–water partition coefficient (Wildman–Crippen LogP) is 4.06. The Morgan fingerprint density at radius 3 is 2.34 bits per heavy atom. The van der Waals surface area contributed by atoms with Crippen molar-refractivity contribution in [3.05, 3.63) is 71.6 Å². The largest absolute Gasteiger partial charge is 0.387 e. The predicted molar refractivity (Wildman–Crippen MR) is 143 cm³/mol. The third-order valence-electron chi connectivity index (χ3n) is 5.65. The van der Waals surface area contributed by atoms with Crippen molar-refractivity contribution < 1.29 is 23.1 Å². The molecule has 206 valence electrons. The zero-order chi connectivity index (χ0) is 28.9. The second kappa shape index (κ2) is 15.5. The van der Waals surface area contributed by atoms with Gasteiger partial charge in [-0.05, 0) is 29.2 Å². The molecule has 0 aliphatic rings. The molecule has 0 spiro atoms. The van der Waals surface area contributed by atoms with Gasteiger partial charge in [-0.3, -0.25) is 4.79 Å². The lowest BCUT2D eigenvalue weighted by Crippen LogP contribution is -2.35. The Hall–Kier alpha value is -3.68. The summed E-state index contributed by atoms with van der Waals surface area (Å²) in [6.45, 7) is 8.13. The maximum Gasteiger partial charge on any atom is 0.245 e. The monoisotopic (exact) mass is 531 g/mol. The third kappa shape index (κ3) is 10.00. The molecule has 4 N–H and O–H groups in total. The number of alkyl halides is 1. The summed E-state index contributed by atoms with van der Waals surface area (Å²) in [6, 6.07) is 13.2. The highest BCUT2D eigenvalue weighted by molar-refractivity contribution is 5.76. The van der Waals surface area contributed by atoms with Crippen molar-refractivity contribution in [2.24, 2.45) is 11.1 Å². The van der Waals surface area contributed by atoms with Crippen LogP contribution in [-0.4, -0.2) is 51.6 Å². The first-order valence-corrected chi connectivity index (χ1v) is 11.9. The summed E-state index contributed by atoms with van der Waals surface area (Å²) in [5.74, 6) is -0.561. The highest BCUT2D eigenvalue weighted by Crippen LogP contribution is 2.35. The molecule has 10 heteroatoms. The van der Waals surface area contributed by atoms with E-state index < -0.39 is 30.3 Å². The van der Waals surface area contributed by atoms with Gasteiger partial charge >= 0.3 is 0 Å². The van der Waals surface area contributed by atoms with Gasteiger partial charge in [0, 0.05) is 12.5 Å². The van der Waals surface area contributed by atoms with E-state index in [4.69, 9.17) is 10.8 Å². The molecule has 1 aromatic heterocycles. The van der Waals surface area contributed by atoms with E-state index >= 15 is 0 Å². The number of nitrogens with one attached hydrogen (secondary N) is 1. The van der Waals surface area contributed by atoms with Gasteiger partial charge in [0.1, 0.15) is 30.2 Å². The molecule has 3 rings (SSSR count). The fourth-order valence-corrected chi connectivity index (χ4v) is 3.08. The van der Waals surface area contributed by atoms with Gasteiger partial charge in [0.15, 0.2) is 5.82 Å². The molecule has 0 aliphatic heterocycles. The summed E-state index contributed by atoms with van der Waals surface area (Å²) in [7, 11) is 0. The Labute approximate surface area is 222 Å². The van der Waals surface area contributed by atoms with E-state index in [2.05, 4.69) is 55.9 Å². The van der Waals surface area contributed by atoms with Gasteiger partial charge in [0.2, 0.25) is 5.91 Å². The van der Waals surface area contributed by atoms with Crippen LogP contribution in [-0.2, 0) is 11.3 Å².